The summed E-state index contributed by atoms with van der Waals surface area (Å²) in [6.45, 7) is 0. The molecule has 2 aliphatic rings. The first-order chi connectivity index (χ1) is 17.5. The molecule has 4 aromatic carbocycles. The van der Waals surface area contributed by atoms with Gasteiger partial charge in [-0.15, -0.1) is 0 Å². The number of rotatable bonds is 4. The van der Waals surface area contributed by atoms with Crippen LogP contribution in [0.1, 0.15) is 15.9 Å². The second-order valence-corrected chi connectivity index (χ2v) is 10.0. The smallest absolute Gasteiger partial charge is 0.383 e. The highest BCUT2D eigenvalue weighted by Gasteiger charge is 2.60. The van der Waals surface area contributed by atoms with Crippen LogP contribution in [-0.4, -0.2) is 17.6 Å². The van der Waals surface area contributed by atoms with Gasteiger partial charge in [0.2, 0.25) is 5.78 Å². The fourth-order valence-corrected chi connectivity index (χ4v) is 5.12. The zero-order chi connectivity index (χ0) is 24.9. The molecule has 1 atom stereocenters. The second kappa shape index (κ2) is 8.72. The lowest BCUT2D eigenvalue weighted by atomic mass is 9.96. The molecule has 176 valence electrons. The van der Waals surface area contributed by atoms with E-state index in [1.807, 2.05) is 24.3 Å². The van der Waals surface area contributed by atoms with E-state index in [-0.39, 0.29) is 11.6 Å². The first kappa shape index (κ1) is 22.7. The van der Waals surface area contributed by atoms with Crippen molar-refractivity contribution in [2.75, 3.05) is 4.90 Å². The molecule has 2 aliphatic heterocycles. The number of benzene rings is 4. The molecule has 36 heavy (non-hydrogen) atoms. The van der Waals surface area contributed by atoms with Gasteiger partial charge in [-0.3, -0.25) is 9.69 Å². The molecule has 6 nitrogen and oxygen atoms in total. The summed E-state index contributed by atoms with van der Waals surface area (Å²) in [4.78, 5) is 34.1. The average molecular weight is 604 g/mol. The number of halogens is 2. The number of ketones is 1. The molecule has 0 amide bonds. The standard InChI is InChI=1S/C28H16Br2N2O4/c29-17-12-14-22-23(15-17)31-26-25(33)21-13-11-18(30)16-24(21)32(26)28(22,36-20-9-5-2-6-10-20)27(34)35-19-7-3-1-4-8-19/h1-16H. The Morgan fingerprint density at radius 1 is 0.806 bits per heavy atom. The Labute approximate surface area is 223 Å². The third-order valence-corrected chi connectivity index (χ3v) is 6.95. The summed E-state index contributed by atoms with van der Waals surface area (Å²) >= 11 is 6.98. The Kier molecular flexibility index (Phi) is 5.50. The van der Waals surface area contributed by atoms with Crippen LogP contribution in [-0.2, 0) is 10.5 Å². The SMILES string of the molecule is O=C1C2=Nc3cc(Br)ccc3C(Oc3ccccc3)(C(=O)Oc3ccccc3)N2c2cc(Br)ccc21. The van der Waals surface area contributed by atoms with Crippen molar-refractivity contribution in [1.82, 2.24) is 0 Å². The number of nitrogens with zero attached hydrogens (tertiary/aromatic N) is 2. The highest BCUT2D eigenvalue weighted by atomic mass is 79.9. The van der Waals surface area contributed by atoms with Crippen molar-refractivity contribution in [3.05, 3.63) is 117 Å². The molecule has 0 aliphatic carbocycles. The monoisotopic (exact) mass is 602 g/mol. The molecule has 0 saturated carbocycles. The van der Waals surface area contributed by atoms with E-state index < -0.39 is 11.7 Å². The molecule has 0 N–H and O–H groups in total. The van der Waals surface area contributed by atoms with Crippen LogP contribution in [0.2, 0.25) is 0 Å². The Hall–Kier alpha value is -3.75. The van der Waals surface area contributed by atoms with Gasteiger partial charge >= 0.3 is 11.7 Å². The molecule has 0 radical (unpaired) electrons. The quantitative estimate of drug-likeness (QED) is 0.190. The minimum Gasteiger partial charge on any atom is -0.452 e. The molecule has 0 saturated heterocycles. The van der Waals surface area contributed by atoms with Crippen molar-refractivity contribution in [2.24, 2.45) is 4.99 Å². The van der Waals surface area contributed by atoms with Gasteiger partial charge in [-0.05, 0) is 60.7 Å². The van der Waals surface area contributed by atoms with Crippen LogP contribution in [0.4, 0.5) is 11.4 Å². The van der Waals surface area contributed by atoms with Gasteiger partial charge in [-0.2, -0.15) is 0 Å². The molecular weight excluding hydrogens is 588 g/mol. The van der Waals surface area contributed by atoms with Crippen LogP contribution < -0.4 is 14.4 Å². The number of ether oxygens (including phenoxy) is 2. The van der Waals surface area contributed by atoms with E-state index >= 15 is 0 Å². The van der Waals surface area contributed by atoms with Crippen LogP contribution in [0.5, 0.6) is 11.5 Å². The highest BCUT2D eigenvalue weighted by molar-refractivity contribution is 9.10. The number of para-hydroxylation sites is 2. The maximum absolute atomic E-state index is 14.3. The first-order valence-corrected chi connectivity index (χ1v) is 12.6. The van der Waals surface area contributed by atoms with Crippen LogP contribution >= 0.6 is 31.9 Å². The van der Waals surface area contributed by atoms with Crippen molar-refractivity contribution in [1.29, 1.82) is 0 Å². The Morgan fingerprint density at radius 2 is 1.44 bits per heavy atom. The molecule has 1 unspecified atom stereocenters. The average Bonchev–Trinajstić information content (AvgIpc) is 3.15. The molecule has 6 rings (SSSR count). The summed E-state index contributed by atoms with van der Waals surface area (Å²) in [5, 5.41) is 0. The van der Waals surface area contributed by atoms with Crippen molar-refractivity contribution >= 4 is 60.8 Å². The van der Waals surface area contributed by atoms with Crippen LogP contribution in [0.25, 0.3) is 0 Å². The van der Waals surface area contributed by atoms with Gasteiger partial charge in [0.1, 0.15) is 11.5 Å². The minimum atomic E-state index is -1.88. The predicted molar refractivity (Wildman–Crippen MR) is 143 cm³/mol. The summed E-state index contributed by atoms with van der Waals surface area (Å²) in [7, 11) is 0. The summed E-state index contributed by atoms with van der Waals surface area (Å²) in [5.41, 5.74) is -0.108. The van der Waals surface area contributed by atoms with Gasteiger partial charge in [0, 0.05) is 14.5 Å². The number of aliphatic imine (C=N–C) groups is 1. The van der Waals surface area contributed by atoms with Gasteiger partial charge in [0.15, 0.2) is 5.84 Å². The van der Waals surface area contributed by atoms with Gasteiger partial charge in [0.25, 0.3) is 0 Å². The molecule has 8 heteroatoms. The van der Waals surface area contributed by atoms with Gasteiger partial charge in [-0.1, -0.05) is 68.3 Å². The first-order valence-electron chi connectivity index (χ1n) is 11.0. The Bertz CT molecular complexity index is 1560. The predicted octanol–water partition coefficient (Wildman–Crippen LogP) is 6.80. The van der Waals surface area contributed by atoms with E-state index in [4.69, 9.17) is 9.47 Å². The van der Waals surface area contributed by atoms with Gasteiger partial charge in [-0.25, -0.2) is 9.79 Å². The molecule has 4 aromatic rings. The molecule has 0 spiro atoms. The number of hydrogen-bond donors (Lipinski definition) is 0. The summed E-state index contributed by atoms with van der Waals surface area (Å²) in [6, 6.07) is 28.3. The van der Waals surface area contributed by atoms with E-state index in [1.54, 1.807) is 77.7 Å². The number of esters is 1. The minimum absolute atomic E-state index is 0.0784. The summed E-state index contributed by atoms with van der Waals surface area (Å²) < 4.78 is 14.0. The zero-order valence-electron chi connectivity index (χ0n) is 18.5. The van der Waals surface area contributed by atoms with Crippen molar-refractivity contribution in [3.8, 4) is 11.5 Å². The Balaban J connectivity index is 1.65. The van der Waals surface area contributed by atoms with Crippen molar-refractivity contribution in [3.63, 3.8) is 0 Å². The number of carbonyl (C=O) groups excluding carboxylic acids is 2. The van der Waals surface area contributed by atoms with Gasteiger partial charge in [0.05, 0.1) is 16.9 Å². The largest absolute Gasteiger partial charge is 0.452 e. The third-order valence-electron chi connectivity index (χ3n) is 5.97. The maximum Gasteiger partial charge on any atom is 0.383 e. The van der Waals surface area contributed by atoms with Crippen molar-refractivity contribution in [2.45, 2.75) is 5.72 Å². The van der Waals surface area contributed by atoms with Crippen LogP contribution in [0.3, 0.4) is 0 Å². The maximum atomic E-state index is 14.3. The fourth-order valence-electron chi connectivity index (χ4n) is 4.42. The van der Waals surface area contributed by atoms with E-state index in [2.05, 4.69) is 36.9 Å². The highest BCUT2D eigenvalue weighted by Crippen LogP contribution is 2.49. The molecule has 0 fully saturated rings. The van der Waals surface area contributed by atoms with E-state index in [1.165, 1.54) is 0 Å². The molecule has 0 aromatic heterocycles. The molecular formula is C28H16Br2N2O4. The van der Waals surface area contributed by atoms with E-state index in [9.17, 15) is 9.59 Å². The molecule has 2 heterocycles. The number of amidine groups is 1. The van der Waals surface area contributed by atoms with Crippen LogP contribution in [0, 0.1) is 0 Å². The van der Waals surface area contributed by atoms with Crippen molar-refractivity contribution < 1.29 is 19.1 Å². The summed E-state index contributed by atoms with van der Waals surface area (Å²) in [6.07, 6.45) is 0. The lowest BCUT2D eigenvalue weighted by molar-refractivity contribution is -0.152. The number of fused-ring (bicyclic) bond motifs is 4. The fraction of sp³-hybridized carbons (Fsp3) is 0.0357. The lowest BCUT2D eigenvalue weighted by Gasteiger charge is -2.43. The third kappa shape index (κ3) is 3.56. The number of carbonyl (C=O) groups is 2. The van der Waals surface area contributed by atoms with E-state index in [0.717, 1.165) is 8.95 Å². The second-order valence-electron chi connectivity index (χ2n) is 8.18. The number of anilines is 1. The molecule has 0 bridgehead atoms. The zero-order valence-corrected chi connectivity index (χ0v) is 21.7. The lowest BCUT2D eigenvalue weighted by Crippen LogP contribution is -2.61. The number of hydrogen-bond acceptors (Lipinski definition) is 6. The van der Waals surface area contributed by atoms with E-state index in [0.29, 0.717) is 34.0 Å². The number of Topliss-reactive ketones (excluding diaryl/α,β-unsaturated/α-hetero) is 1. The topological polar surface area (TPSA) is 68.2 Å². The van der Waals surface area contributed by atoms with Gasteiger partial charge < -0.3 is 9.47 Å². The Morgan fingerprint density at radius 3 is 2.17 bits per heavy atom. The van der Waals surface area contributed by atoms with Crippen LogP contribution in [0.15, 0.2) is 111 Å². The normalized spacial score (nSPS) is 17.6. The summed E-state index contributed by atoms with van der Waals surface area (Å²) in [5.74, 6) is -0.171.